The molecule has 0 unspecified atom stereocenters. The van der Waals surface area contributed by atoms with Crippen LogP contribution in [-0.2, 0) is 21.2 Å². The van der Waals surface area contributed by atoms with Crippen LogP contribution < -0.4 is 24.2 Å². The molecular weight excluding hydrogens is 456 g/mol. The van der Waals surface area contributed by atoms with E-state index in [4.69, 9.17) is 14.2 Å². The maximum Gasteiger partial charge on any atom is 0.262 e. The van der Waals surface area contributed by atoms with Gasteiger partial charge < -0.3 is 19.5 Å². The van der Waals surface area contributed by atoms with Gasteiger partial charge in [-0.2, -0.15) is 0 Å². The molecule has 0 heterocycles. The van der Waals surface area contributed by atoms with Crippen molar-refractivity contribution in [2.45, 2.75) is 24.7 Å². The molecule has 0 aliphatic carbocycles. The first-order valence-corrected chi connectivity index (χ1v) is 12.0. The Bertz CT molecular complexity index is 1270. The molecule has 0 bridgehead atoms. The van der Waals surface area contributed by atoms with E-state index in [1.807, 2.05) is 6.07 Å². The highest BCUT2D eigenvalue weighted by Crippen LogP contribution is 2.29. The van der Waals surface area contributed by atoms with Crippen molar-refractivity contribution < 1.29 is 27.4 Å². The predicted octanol–water partition coefficient (Wildman–Crippen LogP) is 4.39. The molecule has 1 amide bonds. The van der Waals surface area contributed by atoms with Crippen molar-refractivity contribution in [1.82, 2.24) is 0 Å². The number of methoxy groups -OCH3 is 3. The molecule has 0 saturated heterocycles. The third-order valence-electron chi connectivity index (χ3n) is 5.22. The van der Waals surface area contributed by atoms with Gasteiger partial charge in [0.15, 0.2) is 0 Å². The predicted molar refractivity (Wildman–Crippen MR) is 131 cm³/mol. The fourth-order valence-electron chi connectivity index (χ4n) is 3.45. The highest BCUT2D eigenvalue weighted by atomic mass is 32.2. The second kappa shape index (κ2) is 10.9. The molecule has 3 rings (SSSR count). The largest absolute Gasteiger partial charge is 0.497 e. The lowest BCUT2D eigenvalue weighted by Gasteiger charge is -2.14. The van der Waals surface area contributed by atoms with Gasteiger partial charge in [-0.05, 0) is 66.9 Å². The van der Waals surface area contributed by atoms with E-state index in [9.17, 15) is 13.2 Å². The van der Waals surface area contributed by atoms with Crippen LogP contribution in [0.15, 0.2) is 65.6 Å². The maximum absolute atomic E-state index is 13.1. The average Bonchev–Trinajstić information content (AvgIpc) is 2.83. The van der Waals surface area contributed by atoms with Crippen molar-refractivity contribution >= 4 is 27.3 Å². The lowest BCUT2D eigenvalue weighted by atomic mass is 10.1. The molecule has 0 spiro atoms. The van der Waals surface area contributed by atoms with Crippen LogP contribution in [0.25, 0.3) is 0 Å². The van der Waals surface area contributed by atoms with Gasteiger partial charge in [-0.3, -0.25) is 9.52 Å². The van der Waals surface area contributed by atoms with Crippen molar-refractivity contribution in [3.8, 4) is 17.2 Å². The van der Waals surface area contributed by atoms with E-state index in [0.717, 1.165) is 5.56 Å². The number of aryl methyl sites for hydroxylation is 2. The van der Waals surface area contributed by atoms with Crippen molar-refractivity contribution in [3.05, 3.63) is 71.8 Å². The summed E-state index contributed by atoms with van der Waals surface area (Å²) in [5, 5.41) is 2.78. The number of benzene rings is 3. The normalized spacial score (nSPS) is 10.9. The van der Waals surface area contributed by atoms with Gasteiger partial charge in [-0.15, -0.1) is 0 Å². The van der Waals surface area contributed by atoms with Gasteiger partial charge in [0.2, 0.25) is 5.91 Å². The van der Waals surface area contributed by atoms with Gasteiger partial charge >= 0.3 is 0 Å². The number of carbonyl (C=O) groups excluding carboxylic acids is 1. The van der Waals surface area contributed by atoms with E-state index in [-0.39, 0.29) is 17.2 Å². The Labute approximate surface area is 199 Å². The quantitative estimate of drug-likeness (QED) is 0.442. The first-order chi connectivity index (χ1) is 16.3. The van der Waals surface area contributed by atoms with E-state index in [1.54, 1.807) is 69.7 Å². The number of carbonyl (C=O) groups is 1. The number of anilines is 2. The molecule has 8 nitrogen and oxygen atoms in total. The Morgan fingerprint density at radius 3 is 2.32 bits per heavy atom. The average molecular weight is 485 g/mol. The summed E-state index contributed by atoms with van der Waals surface area (Å²) in [5.41, 5.74) is 2.09. The maximum atomic E-state index is 13.1. The molecule has 180 valence electrons. The van der Waals surface area contributed by atoms with Crippen LogP contribution >= 0.6 is 0 Å². The molecule has 3 aromatic rings. The van der Waals surface area contributed by atoms with Gasteiger partial charge in [0.05, 0.1) is 31.9 Å². The summed E-state index contributed by atoms with van der Waals surface area (Å²) in [7, 11) is 0.691. The van der Waals surface area contributed by atoms with Crippen molar-refractivity contribution in [3.63, 3.8) is 0 Å². The van der Waals surface area contributed by atoms with E-state index in [1.165, 1.54) is 13.2 Å². The number of nitrogens with one attached hydrogen (secondary N) is 2. The van der Waals surface area contributed by atoms with Crippen LogP contribution in [0.4, 0.5) is 11.4 Å². The number of amides is 1. The smallest absolute Gasteiger partial charge is 0.262 e. The van der Waals surface area contributed by atoms with Gasteiger partial charge in [0.25, 0.3) is 10.0 Å². The van der Waals surface area contributed by atoms with Crippen LogP contribution in [0.3, 0.4) is 0 Å². The third kappa shape index (κ3) is 5.99. The summed E-state index contributed by atoms with van der Waals surface area (Å²) in [5.74, 6) is 1.49. The third-order valence-corrected chi connectivity index (χ3v) is 6.73. The van der Waals surface area contributed by atoms with Crippen LogP contribution in [0, 0.1) is 6.92 Å². The zero-order valence-corrected chi connectivity index (χ0v) is 20.4. The molecule has 0 fully saturated rings. The van der Waals surface area contributed by atoms with Crippen molar-refractivity contribution in [2.75, 3.05) is 31.4 Å². The van der Waals surface area contributed by atoms with Crippen molar-refractivity contribution in [1.29, 1.82) is 0 Å². The van der Waals surface area contributed by atoms with E-state index in [0.29, 0.717) is 40.6 Å². The van der Waals surface area contributed by atoms with Crippen LogP contribution in [0.2, 0.25) is 0 Å². The van der Waals surface area contributed by atoms with Gasteiger partial charge in [0.1, 0.15) is 17.2 Å². The number of ether oxygens (including phenoxy) is 3. The Hall–Kier alpha value is -3.72. The SMILES string of the molecule is COc1ccc(OC)c(CCC(=O)Nc2ccc(C)c(S(=O)(=O)Nc3ccccc3OC)c2)c1. The van der Waals surface area contributed by atoms with Gasteiger partial charge in [-0.1, -0.05) is 18.2 Å². The zero-order chi connectivity index (χ0) is 24.7. The summed E-state index contributed by atoms with van der Waals surface area (Å²) in [6.45, 7) is 1.69. The highest BCUT2D eigenvalue weighted by molar-refractivity contribution is 7.92. The first-order valence-electron chi connectivity index (χ1n) is 10.5. The Morgan fingerprint density at radius 2 is 1.62 bits per heavy atom. The minimum Gasteiger partial charge on any atom is -0.497 e. The molecular formula is C25H28N2O6S. The lowest BCUT2D eigenvalue weighted by Crippen LogP contribution is -2.17. The van der Waals surface area contributed by atoms with E-state index >= 15 is 0 Å². The summed E-state index contributed by atoms with van der Waals surface area (Å²) >= 11 is 0. The highest BCUT2D eigenvalue weighted by Gasteiger charge is 2.20. The minimum atomic E-state index is -3.92. The molecule has 9 heteroatoms. The Kier molecular flexibility index (Phi) is 8.01. The lowest BCUT2D eigenvalue weighted by molar-refractivity contribution is -0.116. The second-order valence-electron chi connectivity index (χ2n) is 7.51. The zero-order valence-electron chi connectivity index (χ0n) is 19.5. The molecule has 34 heavy (non-hydrogen) atoms. The number of hydrogen-bond acceptors (Lipinski definition) is 6. The summed E-state index contributed by atoms with van der Waals surface area (Å²) in [6, 6.07) is 16.9. The molecule has 0 saturated carbocycles. The Morgan fingerprint density at radius 1 is 0.882 bits per heavy atom. The number of hydrogen-bond donors (Lipinski definition) is 2. The van der Waals surface area contributed by atoms with Crippen LogP contribution in [-0.4, -0.2) is 35.7 Å². The number of sulfonamides is 1. The van der Waals surface area contributed by atoms with Crippen LogP contribution in [0.1, 0.15) is 17.5 Å². The summed E-state index contributed by atoms with van der Waals surface area (Å²) in [4.78, 5) is 12.7. The number of para-hydroxylation sites is 2. The monoisotopic (exact) mass is 484 g/mol. The van der Waals surface area contributed by atoms with Gasteiger partial charge in [-0.25, -0.2) is 8.42 Å². The van der Waals surface area contributed by atoms with Gasteiger partial charge in [0, 0.05) is 12.1 Å². The topological polar surface area (TPSA) is 103 Å². The second-order valence-corrected chi connectivity index (χ2v) is 9.16. The standard InChI is InChI=1S/C25H28N2O6S/c1-17-9-11-19(16-24(17)34(29,30)27-21-7-5-6-8-23(21)33-4)26-25(28)14-10-18-15-20(31-2)12-13-22(18)32-3/h5-9,11-13,15-16,27H,10,14H2,1-4H3,(H,26,28). The summed E-state index contributed by atoms with van der Waals surface area (Å²) < 4.78 is 44.5. The molecule has 0 aromatic heterocycles. The van der Waals surface area contributed by atoms with E-state index < -0.39 is 10.0 Å². The van der Waals surface area contributed by atoms with Crippen LogP contribution in [0.5, 0.6) is 17.2 Å². The molecule has 0 radical (unpaired) electrons. The van der Waals surface area contributed by atoms with Crippen molar-refractivity contribution in [2.24, 2.45) is 0 Å². The fourth-order valence-corrected chi connectivity index (χ4v) is 4.79. The first kappa shape index (κ1) is 24.9. The molecule has 0 aliphatic heterocycles. The molecule has 3 aromatic carbocycles. The molecule has 0 atom stereocenters. The number of rotatable bonds is 10. The summed E-state index contributed by atoms with van der Waals surface area (Å²) in [6.07, 6.45) is 0.609. The van der Waals surface area contributed by atoms with E-state index in [2.05, 4.69) is 10.0 Å². The minimum absolute atomic E-state index is 0.0608. The fraction of sp³-hybridized carbons (Fsp3) is 0.240. The molecule has 0 aliphatic rings. The molecule has 2 N–H and O–H groups in total. The Balaban J connectivity index is 1.74.